The van der Waals surface area contributed by atoms with E-state index in [-0.39, 0.29) is 0 Å². The van der Waals surface area contributed by atoms with Gasteiger partial charge < -0.3 is 0 Å². The Kier molecular flexibility index (Phi) is 2.97. The molecule has 0 amide bonds. The van der Waals surface area contributed by atoms with E-state index in [1.54, 1.807) is 17.3 Å². The first-order valence-corrected chi connectivity index (χ1v) is 5.57. The quantitative estimate of drug-likeness (QED) is 0.669. The second-order valence-electron chi connectivity index (χ2n) is 3.08. The van der Waals surface area contributed by atoms with Crippen LogP contribution in [-0.2, 0) is 0 Å². The van der Waals surface area contributed by atoms with Crippen molar-refractivity contribution in [2.75, 3.05) is 11.5 Å². The van der Waals surface area contributed by atoms with E-state index in [1.165, 1.54) is 24.3 Å². The molecular weight excluding hydrogens is 184 g/mol. The molecule has 2 heterocycles. The summed E-state index contributed by atoms with van der Waals surface area (Å²) in [6.07, 6.45) is 7.79. The fourth-order valence-corrected chi connectivity index (χ4v) is 2.40. The second kappa shape index (κ2) is 4.41. The first kappa shape index (κ1) is 8.74. The molecule has 0 aliphatic carbocycles. The van der Waals surface area contributed by atoms with E-state index in [4.69, 9.17) is 0 Å². The molecular formula is C8H12N4S. The van der Waals surface area contributed by atoms with Crippen LogP contribution < -0.4 is 0 Å². The van der Waals surface area contributed by atoms with Crippen LogP contribution in [0.1, 0.15) is 12.8 Å². The number of hydrogen-bond donors (Lipinski definition) is 0. The smallest absolute Gasteiger partial charge is 0.141 e. The van der Waals surface area contributed by atoms with Gasteiger partial charge in [-0.1, -0.05) is 0 Å². The Morgan fingerprint density at radius 1 is 1.46 bits per heavy atom. The Morgan fingerprint density at radius 2 is 2.31 bits per heavy atom. The molecule has 5 heteroatoms. The predicted molar refractivity (Wildman–Crippen MR) is 54.0 cm³/mol. The summed E-state index contributed by atoms with van der Waals surface area (Å²) in [5, 5.41) is 11.6. The van der Waals surface area contributed by atoms with Gasteiger partial charge in [0.1, 0.15) is 12.7 Å². The van der Waals surface area contributed by atoms with Crippen LogP contribution in [0.15, 0.2) is 17.8 Å². The highest BCUT2D eigenvalue weighted by atomic mass is 32.2. The van der Waals surface area contributed by atoms with Crippen molar-refractivity contribution in [2.45, 2.75) is 12.8 Å². The molecule has 1 aromatic rings. The molecule has 2 rings (SSSR count). The van der Waals surface area contributed by atoms with Crippen molar-refractivity contribution in [1.29, 1.82) is 0 Å². The van der Waals surface area contributed by atoms with E-state index < -0.39 is 0 Å². The summed E-state index contributed by atoms with van der Waals surface area (Å²) in [5.41, 5.74) is 0. The van der Waals surface area contributed by atoms with E-state index in [0.29, 0.717) is 5.92 Å². The van der Waals surface area contributed by atoms with Crippen LogP contribution in [0.2, 0.25) is 0 Å². The van der Waals surface area contributed by atoms with Gasteiger partial charge in [0.2, 0.25) is 0 Å². The molecule has 70 valence electrons. The number of hydrogen-bond acceptors (Lipinski definition) is 4. The second-order valence-corrected chi connectivity index (χ2v) is 4.23. The molecule has 1 aromatic heterocycles. The molecule has 4 nitrogen and oxygen atoms in total. The van der Waals surface area contributed by atoms with Crippen molar-refractivity contribution >= 4 is 18.0 Å². The van der Waals surface area contributed by atoms with Crippen LogP contribution in [0.3, 0.4) is 0 Å². The molecule has 0 bridgehead atoms. The summed E-state index contributed by atoms with van der Waals surface area (Å²) in [7, 11) is 0. The highest BCUT2D eigenvalue weighted by molar-refractivity contribution is 7.99. The van der Waals surface area contributed by atoms with Crippen molar-refractivity contribution in [3.8, 4) is 0 Å². The molecule has 1 aliphatic heterocycles. The van der Waals surface area contributed by atoms with Gasteiger partial charge in [-0.2, -0.15) is 16.9 Å². The van der Waals surface area contributed by atoms with Gasteiger partial charge in [-0.05, 0) is 18.6 Å². The monoisotopic (exact) mass is 196 g/mol. The van der Waals surface area contributed by atoms with E-state index in [9.17, 15) is 0 Å². The average Bonchev–Trinajstić information content (AvgIpc) is 2.69. The fraction of sp³-hybridized carbons (Fsp3) is 0.625. The Bertz CT molecular complexity index is 264. The minimum Gasteiger partial charge on any atom is -0.208 e. The SMILES string of the molecule is C(=N\n1cnnc1)/C1CCCSC1. The molecule has 0 aromatic carbocycles. The van der Waals surface area contributed by atoms with Crippen LogP contribution in [0.4, 0.5) is 0 Å². The van der Waals surface area contributed by atoms with E-state index in [2.05, 4.69) is 15.3 Å². The van der Waals surface area contributed by atoms with Gasteiger partial charge in [-0.25, -0.2) is 4.68 Å². The van der Waals surface area contributed by atoms with E-state index >= 15 is 0 Å². The van der Waals surface area contributed by atoms with Crippen molar-refractivity contribution in [3.63, 3.8) is 0 Å². The molecule has 0 radical (unpaired) electrons. The third-order valence-electron chi connectivity index (χ3n) is 2.01. The predicted octanol–water partition coefficient (Wildman–Crippen LogP) is 1.26. The van der Waals surface area contributed by atoms with Gasteiger partial charge in [-0.3, -0.25) is 0 Å². The molecule has 1 unspecified atom stereocenters. The van der Waals surface area contributed by atoms with E-state index in [0.717, 1.165) is 0 Å². The number of rotatable bonds is 2. The topological polar surface area (TPSA) is 43.1 Å². The van der Waals surface area contributed by atoms with Crippen LogP contribution in [0.25, 0.3) is 0 Å². The molecule has 0 saturated carbocycles. The Labute approximate surface area is 81.4 Å². The summed E-state index contributed by atoms with van der Waals surface area (Å²) >= 11 is 2.01. The maximum atomic E-state index is 4.24. The highest BCUT2D eigenvalue weighted by Gasteiger charge is 2.10. The lowest BCUT2D eigenvalue weighted by Gasteiger charge is -2.16. The lowest BCUT2D eigenvalue weighted by molar-refractivity contribution is 0.665. The Balaban J connectivity index is 1.89. The van der Waals surface area contributed by atoms with Crippen LogP contribution in [0.5, 0.6) is 0 Å². The highest BCUT2D eigenvalue weighted by Crippen LogP contribution is 2.20. The van der Waals surface area contributed by atoms with Crippen LogP contribution in [0, 0.1) is 5.92 Å². The van der Waals surface area contributed by atoms with Gasteiger partial charge in [0.25, 0.3) is 0 Å². The summed E-state index contributed by atoms with van der Waals surface area (Å²) < 4.78 is 1.64. The van der Waals surface area contributed by atoms with Crippen molar-refractivity contribution in [2.24, 2.45) is 11.0 Å². The van der Waals surface area contributed by atoms with Crippen LogP contribution >= 0.6 is 11.8 Å². The largest absolute Gasteiger partial charge is 0.208 e. The third kappa shape index (κ3) is 2.55. The molecule has 0 spiro atoms. The average molecular weight is 196 g/mol. The van der Waals surface area contributed by atoms with Crippen molar-refractivity contribution < 1.29 is 0 Å². The summed E-state index contributed by atoms with van der Waals surface area (Å²) in [6, 6.07) is 0. The van der Waals surface area contributed by atoms with Gasteiger partial charge >= 0.3 is 0 Å². The maximum Gasteiger partial charge on any atom is 0.141 e. The molecule has 1 fully saturated rings. The zero-order valence-corrected chi connectivity index (χ0v) is 8.15. The van der Waals surface area contributed by atoms with Crippen LogP contribution in [-0.4, -0.2) is 32.6 Å². The molecule has 1 saturated heterocycles. The maximum absolute atomic E-state index is 4.24. The Hall–Kier alpha value is -0.840. The zero-order chi connectivity index (χ0) is 8.93. The normalized spacial score (nSPS) is 23.8. The number of nitrogens with zero attached hydrogens (tertiary/aromatic N) is 4. The first-order valence-electron chi connectivity index (χ1n) is 4.42. The van der Waals surface area contributed by atoms with Crippen molar-refractivity contribution in [3.05, 3.63) is 12.7 Å². The van der Waals surface area contributed by atoms with Gasteiger partial charge in [-0.15, -0.1) is 10.2 Å². The zero-order valence-electron chi connectivity index (χ0n) is 7.33. The first-order chi connectivity index (χ1) is 6.45. The number of thioether (sulfide) groups is 1. The standard InChI is InChI=1S/C8H12N4S/c1-2-8(5-13-3-1)4-11-12-6-9-10-7-12/h4,6-8H,1-3,5H2/b11-4+. The number of aromatic nitrogens is 3. The third-order valence-corrected chi connectivity index (χ3v) is 3.25. The lowest BCUT2D eigenvalue weighted by Crippen LogP contribution is -2.11. The minimum atomic E-state index is 0.626. The van der Waals surface area contributed by atoms with Gasteiger partial charge in [0.15, 0.2) is 0 Å². The minimum absolute atomic E-state index is 0.626. The summed E-state index contributed by atoms with van der Waals surface area (Å²) in [4.78, 5) is 0. The lowest BCUT2D eigenvalue weighted by atomic mass is 10.1. The Morgan fingerprint density at radius 3 is 3.00 bits per heavy atom. The van der Waals surface area contributed by atoms with Gasteiger partial charge in [0.05, 0.1) is 0 Å². The molecule has 1 aliphatic rings. The van der Waals surface area contributed by atoms with Crippen molar-refractivity contribution in [1.82, 2.24) is 14.9 Å². The molecule has 13 heavy (non-hydrogen) atoms. The summed E-state index contributed by atoms with van der Waals surface area (Å²) in [5.74, 6) is 3.13. The fourth-order valence-electron chi connectivity index (χ4n) is 1.31. The molecule has 0 N–H and O–H groups in total. The molecule has 1 atom stereocenters. The summed E-state index contributed by atoms with van der Waals surface area (Å²) in [6.45, 7) is 0. The van der Waals surface area contributed by atoms with Gasteiger partial charge in [0, 0.05) is 17.9 Å². The van der Waals surface area contributed by atoms with E-state index in [1.807, 2.05) is 18.0 Å².